The fraction of sp³-hybridized carbons (Fsp3) is 0.300. The first-order valence-corrected chi connectivity index (χ1v) is 4.61. The van der Waals surface area contributed by atoms with E-state index in [4.69, 9.17) is 5.11 Å². The molecular weight excluding hydrogens is 230 g/mol. The van der Waals surface area contributed by atoms with E-state index in [2.05, 4.69) is 9.72 Å². The lowest BCUT2D eigenvalue weighted by Crippen LogP contribution is -2.29. The van der Waals surface area contributed by atoms with E-state index in [-0.39, 0.29) is 11.3 Å². The van der Waals surface area contributed by atoms with Gasteiger partial charge in [0.15, 0.2) is 11.8 Å². The monoisotopic (exact) mass is 241 g/mol. The maximum absolute atomic E-state index is 11.3. The largest absolute Gasteiger partial charge is 0.479 e. The molecule has 92 valence electrons. The lowest BCUT2D eigenvalue weighted by Gasteiger charge is -2.16. The molecule has 2 atom stereocenters. The molecule has 7 nitrogen and oxygen atoms in total. The minimum atomic E-state index is -2.04. The molecule has 3 N–H and O–H groups in total. The van der Waals surface area contributed by atoms with Crippen LogP contribution in [0.5, 0.6) is 0 Å². The third-order valence-corrected chi connectivity index (χ3v) is 2.09. The van der Waals surface area contributed by atoms with Gasteiger partial charge in [-0.3, -0.25) is 0 Å². The predicted octanol–water partition coefficient (Wildman–Crippen LogP) is -0.653. The molecule has 0 saturated carbocycles. The Bertz CT molecular complexity index is 433. The molecule has 0 radical (unpaired) electrons. The minimum absolute atomic E-state index is 0.103. The third kappa shape index (κ3) is 2.77. The van der Waals surface area contributed by atoms with E-state index in [1.165, 1.54) is 18.3 Å². The molecule has 1 heterocycles. The van der Waals surface area contributed by atoms with Gasteiger partial charge < -0.3 is 20.1 Å². The molecule has 0 spiro atoms. The van der Waals surface area contributed by atoms with E-state index < -0.39 is 24.1 Å². The van der Waals surface area contributed by atoms with Crippen molar-refractivity contribution in [2.45, 2.75) is 12.2 Å². The summed E-state index contributed by atoms with van der Waals surface area (Å²) in [6, 6.07) is 2.69. The first-order valence-electron chi connectivity index (χ1n) is 4.61. The number of hydrogen-bond donors (Lipinski definition) is 3. The second-order valence-electron chi connectivity index (χ2n) is 3.16. The van der Waals surface area contributed by atoms with Gasteiger partial charge in [-0.15, -0.1) is 0 Å². The minimum Gasteiger partial charge on any atom is -0.479 e. The molecule has 0 fully saturated rings. The molecule has 0 amide bonds. The first-order chi connectivity index (χ1) is 7.99. The number of rotatable bonds is 4. The number of carboxylic acids is 1. The fourth-order valence-electron chi connectivity index (χ4n) is 1.23. The fourth-order valence-corrected chi connectivity index (χ4v) is 1.23. The van der Waals surface area contributed by atoms with Crippen molar-refractivity contribution in [3.8, 4) is 0 Å². The first kappa shape index (κ1) is 13.1. The van der Waals surface area contributed by atoms with Gasteiger partial charge in [0.1, 0.15) is 6.10 Å². The van der Waals surface area contributed by atoms with Crippen LogP contribution in [0.15, 0.2) is 18.3 Å². The summed E-state index contributed by atoms with van der Waals surface area (Å²) in [5.74, 6) is -2.42. The Balaban J connectivity index is 3.13. The van der Waals surface area contributed by atoms with E-state index in [1.54, 1.807) is 0 Å². The summed E-state index contributed by atoms with van der Waals surface area (Å²) >= 11 is 0. The van der Waals surface area contributed by atoms with Crippen LogP contribution in [-0.2, 0) is 9.53 Å². The van der Waals surface area contributed by atoms with Crippen molar-refractivity contribution in [2.75, 3.05) is 7.11 Å². The van der Waals surface area contributed by atoms with E-state index in [1.807, 2.05) is 0 Å². The quantitative estimate of drug-likeness (QED) is 0.599. The molecule has 17 heavy (non-hydrogen) atoms. The van der Waals surface area contributed by atoms with Gasteiger partial charge in [-0.2, -0.15) is 0 Å². The number of esters is 1. The summed E-state index contributed by atoms with van der Waals surface area (Å²) in [4.78, 5) is 25.5. The molecule has 0 aliphatic rings. The molecule has 0 aromatic carbocycles. The smallest absolute Gasteiger partial charge is 0.357 e. The van der Waals surface area contributed by atoms with Crippen LogP contribution in [0.3, 0.4) is 0 Å². The van der Waals surface area contributed by atoms with Gasteiger partial charge in [0, 0.05) is 11.8 Å². The van der Waals surface area contributed by atoms with Crippen molar-refractivity contribution in [3.05, 3.63) is 29.6 Å². The second kappa shape index (κ2) is 5.37. The third-order valence-electron chi connectivity index (χ3n) is 2.09. The number of pyridine rings is 1. The molecule has 7 heteroatoms. The standard InChI is InChI=1S/C10H11NO6/c1-17-10(16)6-5(3-2-4-11-6)7(12)8(13)9(14)15/h2-4,7-8,12-13H,1H3,(H,14,15). The second-order valence-corrected chi connectivity index (χ2v) is 3.16. The number of methoxy groups -OCH3 is 1. The number of nitrogens with zero attached hydrogens (tertiary/aromatic N) is 1. The summed E-state index contributed by atoms with van der Waals surface area (Å²) in [6.07, 6.45) is -2.51. The Hall–Kier alpha value is -1.99. The zero-order chi connectivity index (χ0) is 13.0. The molecule has 0 aliphatic heterocycles. The van der Waals surface area contributed by atoms with E-state index in [0.717, 1.165) is 7.11 Å². The Morgan fingerprint density at radius 1 is 1.41 bits per heavy atom. The average Bonchev–Trinajstić information content (AvgIpc) is 2.35. The van der Waals surface area contributed by atoms with Crippen LogP contribution in [0, 0.1) is 0 Å². The van der Waals surface area contributed by atoms with Gasteiger partial charge in [-0.25, -0.2) is 14.6 Å². The number of ether oxygens (including phenoxy) is 1. The van der Waals surface area contributed by atoms with Crippen LogP contribution < -0.4 is 0 Å². The van der Waals surface area contributed by atoms with Gasteiger partial charge in [0.25, 0.3) is 0 Å². The van der Waals surface area contributed by atoms with Crippen LogP contribution in [0.4, 0.5) is 0 Å². The Morgan fingerprint density at radius 2 is 2.06 bits per heavy atom. The zero-order valence-electron chi connectivity index (χ0n) is 8.90. The maximum Gasteiger partial charge on any atom is 0.357 e. The number of aliphatic hydroxyl groups is 2. The highest BCUT2D eigenvalue weighted by Crippen LogP contribution is 2.20. The topological polar surface area (TPSA) is 117 Å². The summed E-state index contributed by atoms with van der Waals surface area (Å²) < 4.78 is 4.43. The molecule has 0 bridgehead atoms. The highest BCUT2D eigenvalue weighted by Gasteiger charge is 2.29. The average molecular weight is 241 g/mol. The van der Waals surface area contributed by atoms with Crippen LogP contribution in [-0.4, -0.2) is 45.5 Å². The summed E-state index contributed by atoms with van der Waals surface area (Å²) in [5, 5.41) is 27.4. The van der Waals surface area contributed by atoms with Gasteiger partial charge in [-0.05, 0) is 6.07 Å². The van der Waals surface area contributed by atoms with Crippen LogP contribution in [0.25, 0.3) is 0 Å². The molecule has 0 aliphatic carbocycles. The number of carbonyl (C=O) groups excluding carboxylic acids is 1. The number of carbonyl (C=O) groups is 2. The lowest BCUT2D eigenvalue weighted by molar-refractivity contribution is -0.153. The molecule has 0 saturated heterocycles. The van der Waals surface area contributed by atoms with Crippen LogP contribution in [0.2, 0.25) is 0 Å². The zero-order valence-corrected chi connectivity index (χ0v) is 8.90. The summed E-state index contributed by atoms with van der Waals surface area (Å²) in [7, 11) is 1.13. The summed E-state index contributed by atoms with van der Waals surface area (Å²) in [6.45, 7) is 0. The van der Waals surface area contributed by atoms with Gasteiger partial charge in [0.05, 0.1) is 7.11 Å². The number of carboxylic acid groups (broad SMARTS) is 1. The highest BCUT2D eigenvalue weighted by atomic mass is 16.5. The van der Waals surface area contributed by atoms with Crippen molar-refractivity contribution in [3.63, 3.8) is 0 Å². The normalized spacial score (nSPS) is 13.8. The number of aliphatic hydroxyl groups excluding tert-OH is 2. The van der Waals surface area contributed by atoms with Crippen LogP contribution in [0.1, 0.15) is 22.2 Å². The number of hydrogen-bond acceptors (Lipinski definition) is 6. The number of aromatic nitrogens is 1. The van der Waals surface area contributed by atoms with E-state index in [0.29, 0.717) is 0 Å². The highest BCUT2D eigenvalue weighted by molar-refractivity contribution is 5.89. The molecular formula is C10H11NO6. The molecule has 2 unspecified atom stereocenters. The Morgan fingerprint density at radius 3 is 2.59 bits per heavy atom. The maximum atomic E-state index is 11.3. The van der Waals surface area contributed by atoms with Crippen molar-refractivity contribution in [2.24, 2.45) is 0 Å². The Labute approximate surface area is 96.3 Å². The molecule has 1 aromatic rings. The SMILES string of the molecule is COC(=O)c1ncccc1C(O)C(O)C(=O)O. The molecule has 1 aromatic heterocycles. The van der Waals surface area contributed by atoms with Gasteiger partial charge in [-0.1, -0.05) is 6.07 Å². The summed E-state index contributed by atoms with van der Waals surface area (Å²) in [5.41, 5.74) is -0.336. The van der Waals surface area contributed by atoms with Gasteiger partial charge in [0.2, 0.25) is 0 Å². The molecule has 1 rings (SSSR count). The predicted molar refractivity (Wildman–Crippen MR) is 54.2 cm³/mol. The number of aliphatic carboxylic acids is 1. The van der Waals surface area contributed by atoms with Crippen molar-refractivity contribution < 1.29 is 29.6 Å². The van der Waals surface area contributed by atoms with E-state index >= 15 is 0 Å². The van der Waals surface area contributed by atoms with E-state index in [9.17, 15) is 19.8 Å². The Kier molecular flexibility index (Phi) is 4.13. The van der Waals surface area contributed by atoms with Gasteiger partial charge >= 0.3 is 11.9 Å². The van der Waals surface area contributed by atoms with Crippen molar-refractivity contribution >= 4 is 11.9 Å². The lowest BCUT2D eigenvalue weighted by atomic mass is 10.0. The van der Waals surface area contributed by atoms with Crippen molar-refractivity contribution in [1.29, 1.82) is 0 Å². The van der Waals surface area contributed by atoms with Crippen molar-refractivity contribution in [1.82, 2.24) is 4.98 Å². The van der Waals surface area contributed by atoms with Crippen LogP contribution >= 0.6 is 0 Å².